The third-order valence-electron chi connectivity index (χ3n) is 4.51. The third-order valence-corrected chi connectivity index (χ3v) is 5.25. The quantitative estimate of drug-likeness (QED) is 0.299. The topological polar surface area (TPSA) is 111 Å². The largest absolute Gasteiger partial charge is 0.462 e. The van der Waals surface area contributed by atoms with Gasteiger partial charge in [-0.2, -0.15) is 0 Å². The summed E-state index contributed by atoms with van der Waals surface area (Å²) in [5, 5.41) is 5.77. The maximum absolute atomic E-state index is 12.1. The Hall–Kier alpha value is -3.10. The van der Waals surface area contributed by atoms with Crippen LogP contribution in [0.3, 0.4) is 0 Å². The summed E-state index contributed by atoms with van der Waals surface area (Å²) >= 11 is 11.7. The molecule has 0 bridgehead atoms. The van der Waals surface area contributed by atoms with Crippen LogP contribution in [0.15, 0.2) is 42.5 Å². The molecule has 0 aromatic heterocycles. The first-order valence-corrected chi connectivity index (χ1v) is 11.5. The van der Waals surface area contributed by atoms with Gasteiger partial charge in [0.1, 0.15) is 0 Å². The van der Waals surface area contributed by atoms with E-state index in [2.05, 4.69) is 17.6 Å². The second-order valence-electron chi connectivity index (χ2n) is 7.31. The predicted molar refractivity (Wildman–Crippen MR) is 130 cm³/mol. The Morgan fingerprint density at radius 3 is 2.15 bits per heavy atom. The van der Waals surface area contributed by atoms with Crippen molar-refractivity contribution in [1.29, 1.82) is 0 Å². The number of hydrogen-bond donors (Lipinski definition) is 2. The van der Waals surface area contributed by atoms with Gasteiger partial charge in [-0.1, -0.05) is 43.0 Å². The maximum Gasteiger partial charge on any atom is 0.338 e. The first-order valence-electron chi connectivity index (χ1n) is 10.8. The molecule has 8 nitrogen and oxygen atoms in total. The molecule has 0 saturated carbocycles. The van der Waals surface area contributed by atoms with E-state index in [0.29, 0.717) is 28.6 Å². The number of anilines is 2. The molecule has 0 spiro atoms. The average Bonchev–Trinajstić information content (AvgIpc) is 2.82. The number of amides is 2. The van der Waals surface area contributed by atoms with Crippen LogP contribution in [0, 0.1) is 0 Å². The monoisotopic (exact) mass is 508 g/mol. The number of rotatable bonds is 12. The highest BCUT2D eigenvalue weighted by Crippen LogP contribution is 2.24. The van der Waals surface area contributed by atoms with Crippen LogP contribution in [-0.4, -0.2) is 37.0 Å². The van der Waals surface area contributed by atoms with E-state index < -0.39 is 30.4 Å². The fourth-order valence-corrected chi connectivity index (χ4v) is 3.02. The molecule has 34 heavy (non-hydrogen) atoms. The number of hydrogen-bond acceptors (Lipinski definition) is 6. The van der Waals surface area contributed by atoms with Gasteiger partial charge in [0.25, 0.3) is 5.91 Å². The molecular formula is C24H26Cl2N2O6. The number of unbranched alkanes of at least 4 members (excludes halogenated alkanes) is 2. The van der Waals surface area contributed by atoms with Crippen molar-refractivity contribution in [1.82, 2.24) is 0 Å². The molecule has 10 heteroatoms. The smallest absolute Gasteiger partial charge is 0.338 e. The molecule has 0 heterocycles. The number of benzene rings is 2. The molecule has 182 valence electrons. The summed E-state index contributed by atoms with van der Waals surface area (Å²) in [6.45, 7) is 1.94. The summed E-state index contributed by atoms with van der Waals surface area (Å²) < 4.78 is 10.1. The molecule has 0 radical (unpaired) electrons. The molecule has 2 aromatic carbocycles. The molecular weight excluding hydrogens is 483 g/mol. The fraction of sp³-hybridized carbons (Fsp3) is 0.333. The summed E-state index contributed by atoms with van der Waals surface area (Å²) in [7, 11) is 0. The fourth-order valence-electron chi connectivity index (χ4n) is 2.72. The number of carbonyl (C=O) groups excluding carboxylic acids is 4. The van der Waals surface area contributed by atoms with Crippen LogP contribution in [0.2, 0.25) is 10.0 Å². The van der Waals surface area contributed by atoms with Crippen molar-refractivity contribution in [2.75, 3.05) is 23.8 Å². The number of nitrogens with one attached hydrogen (secondary N) is 2. The highest BCUT2D eigenvalue weighted by molar-refractivity contribution is 6.42. The molecule has 0 atom stereocenters. The molecule has 0 aliphatic rings. The molecule has 2 N–H and O–H groups in total. The van der Waals surface area contributed by atoms with Gasteiger partial charge in [0.05, 0.1) is 28.6 Å². The van der Waals surface area contributed by atoms with Crippen molar-refractivity contribution < 1.29 is 28.7 Å². The number of carbonyl (C=O) groups is 4. The van der Waals surface area contributed by atoms with Crippen molar-refractivity contribution in [3.63, 3.8) is 0 Å². The van der Waals surface area contributed by atoms with Crippen LogP contribution in [0.1, 0.15) is 49.4 Å². The lowest BCUT2D eigenvalue weighted by atomic mass is 10.2. The predicted octanol–water partition coefficient (Wildman–Crippen LogP) is 5.24. The lowest BCUT2D eigenvalue weighted by Gasteiger charge is -2.08. The lowest BCUT2D eigenvalue weighted by Crippen LogP contribution is -2.21. The summed E-state index contributed by atoms with van der Waals surface area (Å²) in [6.07, 6.45) is 2.53. The first kappa shape index (κ1) is 27.1. The SMILES string of the molecule is CCCCCOC(=O)c1ccc(NC(=O)CCC(=O)OCC(=O)Nc2ccc(Cl)c(Cl)c2)cc1. The van der Waals surface area contributed by atoms with E-state index in [1.165, 1.54) is 12.1 Å². The van der Waals surface area contributed by atoms with E-state index in [1.807, 2.05) is 0 Å². The van der Waals surface area contributed by atoms with Gasteiger partial charge in [-0.15, -0.1) is 0 Å². The van der Waals surface area contributed by atoms with Gasteiger partial charge in [0, 0.05) is 17.8 Å². The van der Waals surface area contributed by atoms with Gasteiger partial charge in [-0.05, 0) is 48.9 Å². The van der Waals surface area contributed by atoms with Gasteiger partial charge < -0.3 is 20.1 Å². The Morgan fingerprint density at radius 2 is 1.47 bits per heavy atom. The number of halogens is 2. The molecule has 2 rings (SSSR count). The van der Waals surface area contributed by atoms with Crippen LogP contribution in [-0.2, 0) is 23.9 Å². The maximum atomic E-state index is 12.1. The van der Waals surface area contributed by atoms with Gasteiger partial charge in [-0.3, -0.25) is 14.4 Å². The molecule has 2 aromatic rings. The summed E-state index contributed by atoms with van der Waals surface area (Å²) in [5.74, 6) is -2.08. The second-order valence-corrected chi connectivity index (χ2v) is 8.12. The van der Waals surface area contributed by atoms with Gasteiger partial charge in [-0.25, -0.2) is 4.79 Å². The van der Waals surface area contributed by atoms with Gasteiger partial charge in [0.2, 0.25) is 5.91 Å². The highest BCUT2D eigenvalue weighted by atomic mass is 35.5. The van der Waals surface area contributed by atoms with Crippen LogP contribution >= 0.6 is 23.2 Å². The summed E-state index contributed by atoms with van der Waals surface area (Å²) in [5.41, 5.74) is 1.27. The number of ether oxygens (including phenoxy) is 2. The van der Waals surface area contributed by atoms with Crippen LogP contribution in [0.5, 0.6) is 0 Å². The third kappa shape index (κ3) is 9.80. The zero-order chi connectivity index (χ0) is 24.9. The number of esters is 2. The molecule has 0 aliphatic heterocycles. The molecule has 0 aliphatic carbocycles. The molecule has 0 fully saturated rings. The van der Waals surface area contributed by atoms with Crippen molar-refractivity contribution in [3.8, 4) is 0 Å². The second kappa shape index (κ2) is 14.2. The highest BCUT2D eigenvalue weighted by Gasteiger charge is 2.12. The Labute approximate surface area is 207 Å². The van der Waals surface area contributed by atoms with Crippen molar-refractivity contribution >= 4 is 58.3 Å². The zero-order valence-corrected chi connectivity index (χ0v) is 20.2. The first-order chi connectivity index (χ1) is 16.3. The average molecular weight is 509 g/mol. The standard InChI is InChI=1S/C24H26Cl2N2O6/c1-2-3-4-13-33-24(32)16-5-7-17(8-6-16)27-21(29)11-12-23(31)34-15-22(30)28-18-9-10-19(25)20(26)14-18/h5-10,14H,2-4,11-13,15H2,1H3,(H,27,29)(H,28,30). The minimum absolute atomic E-state index is 0.130. The van der Waals surface area contributed by atoms with E-state index in [4.69, 9.17) is 32.7 Å². The summed E-state index contributed by atoms with van der Waals surface area (Å²) in [4.78, 5) is 47.7. The van der Waals surface area contributed by atoms with Crippen molar-refractivity contribution in [2.24, 2.45) is 0 Å². The van der Waals surface area contributed by atoms with E-state index in [1.54, 1.807) is 30.3 Å². The zero-order valence-electron chi connectivity index (χ0n) is 18.7. The Balaban J connectivity index is 1.67. The summed E-state index contributed by atoms with van der Waals surface area (Å²) in [6, 6.07) is 10.8. The molecule has 2 amide bonds. The van der Waals surface area contributed by atoms with E-state index >= 15 is 0 Å². The van der Waals surface area contributed by atoms with Crippen molar-refractivity contribution in [3.05, 3.63) is 58.1 Å². The Morgan fingerprint density at radius 1 is 0.794 bits per heavy atom. The van der Waals surface area contributed by atoms with Gasteiger partial charge >= 0.3 is 11.9 Å². The Kier molecular flexibility index (Phi) is 11.4. The van der Waals surface area contributed by atoms with Gasteiger partial charge in [0.15, 0.2) is 6.61 Å². The van der Waals surface area contributed by atoms with E-state index in [0.717, 1.165) is 19.3 Å². The van der Waals surface area contributed by atoms with Crippen molar-refractivity contribution in [2.45, 2.75) is 39.0 Å². The molecule has 0 unspecified atom stereocenters. The minimum Gasteiger partial charge on any atom is -0.462 e. The van der Waals surface area contributed by atoms with Crippen LogP contribution in [0.4, 0.5) is 11.4 Å². The molecule has 0 saturated heterocycles. The van der Waals surface area contributed by atoms with E-state index in [-0.39, 0.29) is 17.9 Å². The van der Waals surface area contributed by atoms with Crippen LogP contribution in [0.25, 0.3) is 0 Å². The lowest BCUT2D eigenvalue weighted by molar-refractivity contribution is -0.147. The Bertz CT molecular complexity index is 1010. The van der Waals surface area contributed by atoms with Crippen LogP contribution < -0.4 is 10.6 Å². The normalized spacial score (nSPS) is 10.3. The van der Waals surface area contributed by atoms with E-state index in [9.17, 15) is 19.2 Å². The minimum atomic E-state index is -0.694.